The fraction of sp³-hybridized carbons (Fsp3) is 0.400. The van der Waals surface area contributed by atoms with Crippen LogP contribution in [0.3, 0.4) is 0 Å². The lowest BCUT2D eigenvalue weighted by atomic mass is 10.2. The number of ether oxygens (including phenoxy) is 1. The van der Waals surface area contributed by atoms with Crippen molar-refractivity contribution in [2.75, 3.05) is 20.3 Å². The molecule has 14 heavy (non-hydrogen) atoms. The smallest absolute Gasteiger partial charge is 0.123 e. The van der Waals surface area contributed by atoms with Crippen molar-refractivity contribution < 1.29 is 9.84 Å². The summed E-state index contributed by atoms with van der Waals surface area (Å²) >= 11 is 3.40. The van der Waals surface area contributed by atoms with Gasteiger partial charge < -0.3 is 15.2 Å². The second-order valence-corrected chi connectivity index (χ2v) is 3.77. The summed E-state index contributed by atoms with van der Waals surface area (Å²) in [5.74, 6) is 0.816. The van der Waals surface area contributed by atoms with Gasteiger partial charge >= 0.3 is 0 Å². The van der Waals surface area contributed by atoms with Gasteiger partial charge in [-0.2, -0.15) is 0 Å². The molecule has 0 fully saturated rings. The van der Waals surface area contributed by atoms with Crippen LogP contribution in [0.4, 0.5) is 0 Å². The van der Waals surface area contributed by atoms with Crippen LogP contribution in [0.2, 0.25) is 0 Å². The van der Waals surface area contributed by atoms with E-state index in [1.807, 2.05) is 25.2 Å². The minimum Gasteiger partial charge on any atom is -0.491 e. The monoisotopic (exact) mass is 259 g/mol. The average Bonchev–Trinajstić information content (AvgIpc) is 2.17. The van der Waals surface area contributed by atoms with E-state index in [2.05, 4.69) is 21.2 Å². The maximum Gasteiger partial charge on any atom is 0.123 e. The van der Waals surface area contributed by atoms with Gasteiger partial charge in [0.2, 0.25) is 0 Å². The van der Waals surface area contributed by atoms with Crippen molar-refractivity contribution >= 4 is 15.9 Å². The maximum absolute atomic E-state index is 8.65. The maximum atomic E-state index is 8.65. The van der Waals surface area contributed by atoms with Gasteiger partial charge in [-0.15, -0.1) is 0 Å². The third kappa shape index (κ3) is 3.29. The molecule has 4 heteroatoms. The molecule has 0 saturated heterocycles. The highest BCUT2D eigenvalue weighted by atomic mass is 79.9. The van der Waals surface area contributed by atoms with Crippen LogP contribution in [0.25, 0.3) is 0 Å². The highest BCUT2D eigenvalue weighted by molar-refractivity contribution is 9.10. The van der Waals surface area contributed by atoms with Crippen LogP contribution in [0, 0.1) is 0 Å². The largest absolute Gasteiger partial charge is 0.491 e. The Bertz CT molecular complexity index is 291. The fourth-order valence-electron chi connectivity index (χ4n) is 1.17. The number of nitrogens with one attached hydrogen (secondary N) is 1. The lowest BCUT2D eigenvalue weighted by Gasteiger charge is -2.10. The molecule has 0 aromatic heterocycles. The predicted molar refractivity (Wildman–Crippen MR) is 59.5 cm³/mol. The molecule has 0 spiro atoms. The van der Waals surface area contributed by atoms with E-state index in [0.29, 0.717) is 6.61 Å². The van der Waals surface area contributed by atoms with Crippen LogP contribution in [-0.2, 0) is 6.54 Å². The van der Waals surface area contributed by atoms with Gasteiger partial charge in [-0.25, -0.2) is 0 Å². The zero-order valence-corrected chi connectivity index (χ0v) is 9.67. The molecule has 3 nitrogen and oxygen atoms in total. The normalized spacial score (nSPS) is 10.2. The van der Waals surface area contributed by atoms with Crippen LogP contribution in [0.5, 0.6) is 5.75 Å². The summed E-state index contributed by atoms with van der Waals surface area (Å²) in [5, 5.41) is 11.7. The van der Waals surface area contributed by atoms with Crippen LogP contribution >= 0.6 is 15.9 Å². The first-order valence-electron chi connectivity index (χ1n) is 4.44. The molecular weight excluding hydrogens is 246 g/mol. The zero-order valence-electron chi connectivity index (χ0n) is 8.09. The summed E-state index contributed by atoms with van der Waals surface area (Å²) in [6.07, 6.45) is 0. The summed E-state index contributed by atoms with van der Waals surface area (Å²) in [6, 6.07) is 5.82. The van der Waals surface area contributed by atoms with Crippen LogP contribution in [0.1, 0.15) is 5.56 Å². The SMILES string of the molecule is CNCc1cc(Br)ccc1OCCO. The molecule has 1 rings (SSSR count). The zero-order chi connectivity index (χ0) is 10.4. The van der Waals surface area contributed by atoms with Crippen molar-refractivity contribution in [1.29, 1.82) is 0 Å². The highest BCUT2D eigenvalue weighted by Crippen LogP contribution is 2.22. The van der Waals surface area contributed by atoms with Crippen molar-refractivity contribution in [2.24, 2.45) is 0 Å². The van der Waals surface area contributed by atoms with E-state index in [0.717, 1.165) is 22.3 Å². The molecule has 0 saturated carbocycles. The Labute approximate surface area is 92.2 Å². The molecule has 0 aliphatic rings. The molecule has 0 aliphatic carbocycles. The van der Waals surface area contributed by atoms with Gasteiger partial charge in [0.1, 0.15) is 12.4 Å². The van der Waals surface area contributed by atoms with Crippen molar-refractivity contribution in [3.8, 4) is 5.75 Å². The Hall–Kier alpha value is -0.580. The number of benzene rings is 1. The van der Waals surface area contributed by atoms with E-state index in [-0.39, 0.29) is 6.61 Å². The van der Waals surface area contributed by atoms with Gasteiger partial charge in [0.05, 0.1) is 6.61 Å². The molecule has 0 radical (unpaired) electrons. The van der Waals surface area contributed by atoms with Crippen molar-refractivity contribution in [3.63, 3.8) is 0 Å². The third-order valence-electron chi connectivity index (χ3n) is 1.74. The first-order chi connectivity index (χ1) is 6.77. The number of halogens is 1. The summed E-state index contributed by atoms with van der Waals surface area (Å²) < 4.78 is 6.41. The topological polar surface area (TPSA) is 41.5 Å². The molecule has 1 aromatic rings. The lowest BCUT2D eigenvalue weighted by Crippen LogP contribution is -2.09. The van der Waals surface area contributed by atoms with Gasteiger partial charge in [-0.3, -0.25) is 0 Å². The van der Waals surface area contributed by atoms with Gasteiger partial charge in [-0.1, -0.05) is 15.9 Å². The van der Waals surface area contributed by atoms with Crippen LogP contribution < -0.4 is 10.1 Å². The van der Waals surface area contributed by atoms with Gasteiger partial charge in [0.15, 0.2) is 0 Å². The van der Waals surface area contributed by atoms with Crippen LogP contribution in [-0.4, -0.2) is 25.4 Å². The second kappa shape index (κ2) is 6.01. The molecule has 2 N–H and O–H groups in total. The second-order valence-electron chi connectivity index (χ2n) is 2.85. The first-order valence-corrected chi connectivity index (χ1v) is 5.24. The van der Waals surface area contributed by atoms with E-state index >= 15 is 0 Å². The Morgan fingerprint density at radius 3 is 2.93 bits per heavy atom. The van der Waals surface area contributed by atoms with Crippen molar-refractivity contribution in [3.05, 3.63) is 28.2 Å². The highest BCUT2D eigenvalue weighted by Gasteiger charge is 2.03. The summed E-state index contributed by atoms with van der Waals surface area (Å²) in [5.41, 5.74) is 1.08. The Morgan fingerprint density at radius 1 is 1.50 bits per heavy atom. The minimum absolute atomic E-state index is 0.0368. The lowest BCUT2D eigenvalue weighted by molar-refractivity contribution is 0.200. The van der Waals surface area contributed by atoms with E-state index in [1.165, 1.54) is 0 Å². The van der Waals surface area contributed by atoms with Gasteiger partial charge in [0.25, 0.3) is 0 Å². The molecule has 0 aliphatic heterocycles. The van der Waals surface area contributed by atoms with E-state index in [4.69, 9.17) is 9.84 Å². The standard InChI is InChI=1S/C10H14BrNO2/c1-12-7-8-6-9(11)2-3-10(8)14-5-4-13/h2-3,6,12-13H,4-5,7H2,1H3. The Balaban J connectivity index is 2.78. The first kappa shape index (κ1) is 11.5. The molecule has 0 amide bonds. The van der Waals surface area contributed by atoms with Crippen molar-refractivity contribution in [1.82, 2.24) is 5.32 Å². The van der Waals surface area contributed by atoms with Crippen LogP contribution in [0.15, 0.2) is 22.7 Å². The summed E-state index contributed by atoms with van der Waals surface area (Å²) in [6.45, 7) is 1.12. The van der Waals surface area contributed by atoms with E-state index in [9.17, 15) is 0 Å². The molecule has 0 bridgehead atoms. The molecule has 0 unspecified atom stereocenters. The number of hydrogen-bond acceptors (Lipinski definition) is 3. The fourth-order valence-corrected chi connectivity index (χ4v) is 1.58. The van der Waals surface area contributed by atoms with E-state index < -0.39 is 0 Å². The average molecular weight is 260 g/mol. The van der Waals surface area contributed by atoms with E-state index in [1.54, 1.807) is 0 Å². The molecule has 0 atom stereocenters. The van der Waals surface area contributed by atoms with Crippen molar-refractivity contribution in [2.45, 2.75) is 6.54 Å². The molecule has 1 aromatic carbocycles. The van der Waals surface area contributed by atoms with Gasteiger partial charge in [-0.05, 0) is 25.2 Å². The molecule has 78 valence electrons. The molecule has 0 heterocycles. The minimum atomic E-state index is 0.0368. The number of aliphatic hydroxyl groups excluding tert-OH is 1. The number of rotatable bonds is 5. The van der Waals surface area contributed by atoms with Gasteiger partial charge in [0, 0.05) is 16.6 Å². The quantitative estimate of drug-likeness (QED) is 0.843. The molecular formula is C10H14BrNO2. The Morgan fingerprint density at radius 2 is 2.29 bits per heavy atom. The summed E-state index contributed by atoms with van der Waals surface area (Å²) in [7, 11) is 1.89. The third-order valence-corrected chi connectivity index (χ3v) is 2.23. The Kier molecular flexibility index (Phi) is 4.93. The summed E-state index contributed by atoms with van der Waals surface area (Å²) in [4.78, 5) is 0. The number of aliphatic hydroxyl groups is 1. The predicted octanol–water partition coefficient (Wildman–Crippen LogP) is 1.54. The number of hydrogen-bond donors (Lipinski definition) is 2.